The lowest BCUT2D eigenvalue weighted by Gasteiger charge is -2.36. The summed E-state index contributed by atoms with van der Waals surface area (Å²) in [6, 6.07) is 6.51. The Balaban J connectivity index is 1.53. The molecule has 3 heterocycles. The molecule has 3 aromatic rings. The van der Waals surface area contributed by atoms with Crippen LogP contribution < -0.4 is 5.32 Å². The van der Waals surface area contributed by atoms with E-state index in [1.165, 1.54) is 6.07 Å². The van der Waals surface area contributed by atoms with Crippen LogP contribution in [0.4, 0.5) is 14.6 Å². The molecule has 1 aliphatic rings. The summed E-state index contributed by atoms with van der Waals surface area (Å²) in [4.78, 5) is 31.7. The van der Waals surface area contributed by atoms with E-state index in [0.717, 1.165) is 19.1 Å². The van der Waals surface area contributed by atoms with E-state index in [2.05, 4.69) is 52.8 Å². The van der Waals surface area contributed by atoms with E-state index in [-0.39, 0.29) is 40.1 Å². The zero-order chi connectivity index (χ0) is 30.1. The van der Waals surface area contributed by atoms with Crippen molar-refractivity contribution >= 4 is 41.4 Å². The number of nitrogens with zero attached hydrogens (tertiary/aromatic N) is 6. The molecular weight excluding hydrogens is 524 g/mol. The second-order valence-electron chi connectivity index (χ2n) is 11.8. The first kappa shape index (κ1) is 30.2. The topological polar surface area (TPSA) is 87.8 Å². The number of aliphatic imine (C=N–C) groups is 2. The Morgan fingerprint density at radius 2 is 1.85 bits per heavy atom. The largest absolute Gasteiger partial charge is 0.338 e. The van der Waals surface area contributed by atoms with E-state index in [4.69, 9.17) is 0 Å². The number of carbonyl (C=O) groups is 1. The summed E-state index contributed by atoms with van der Waals surface area (Å²) < 4.78 is 32.1. The Morgan fingerprint density at radius 1 is 1.17 bits per heavy atom. The Hall–Kier alpha value is -3.79. The van der Waals surface area contributed by atoms with Gasteiger partial charge in [0, 0.05) is 36.3 Å². The van der Waals surface area contributed by atoms with Crippen molar-refractivity contribution in [1.29, 1.82) is 0 Å². The van der Waals surface area contributed by atoms with E-state index in [9.17, 15) is 9.18 Å². The lowest BCUT2D eigenvalue weighted by molar-refractivity contribution is 0.0696. The fraction of sp³-hybridized carbons (Fsp3) is 0.452. The van der Waals surface area contributed by atoms with Crippen LogP contribution in [-0.2, 0) is 0 Å². The highest BCUT2D eigenvalue weighted by Crippen LogP contribution is 2.29. The third-order valence-corrected chi connectivity index (χ3v) is 7.13. The number of fused-ring (bicyclic) bond motifs is 1. The number of hydrogen-bond acceptors (Lipinski definition) is 6. The van der Waals surface area contributed by atoms with Crippen LogP contribution in [0.25, 0.3) is 16.7 Å². The normalized spacial score (nSPS) is 15.7. The highest BCUT2D eigenvalue weighted by Gasteiger charge is 2.27. The number of imidazole rings is 1. The Kier molecular flexibility index (Phi) is 8.82. The summed E-state index contributed by atoms with van der Waals surface area (Å²) in [6.07, 6.45) is 2.76. The highest BCUT2D eigenvalue weighted by molar-refractivity contribution is 5.96. The van der Waals surface area contributed by atoms with Gasteiger partial charge in [0.25, 0.3) is 5.91 Å². The smallest absolute Gasteiger partial charge is 0.255 e. The van der Waals surface area contributed by atoms with Gasteiger partial charge in [0.05, 0.1) is 23.0 Å². The van der Waals surface area contributed by atoms with Crippen LogP contribution in [0.15, 0.2) is 40.1 Å². The minimum atomic E-state index is -0.794. The van der Waals surface area contributed by atoms with Gasteiger partial charge in [0.1, 0.15) is 17.0 Å². The number of pyridine rings is 1. The zero-order valence-corrected chi connectivity index (χ0v) is 24.9. The summed E-state index contributed by atoms with van der Waals surface area (Å²) in [7, 11) is 0. The van der Waals surface area contributed by atoms with Gasteiger partial charge in [-0.25, -0.2) is 23.7 Å². The van der Waals surface area contributed by atoms with Crippen molar-refractivity contribution in [2.24, 2.45) is 9.98 Å². The lowest BCUT2D eigenvalue weighted by Crippen LogP contribution is -2.50. The molecular formula is C31H39F2N7O. The molecule has 1 aliphatic heterocycles. The molecule has 0 atom stereocenters. The SMILES string of the molecule is C=N/C(=C(/F)C=Nc1ccc(C(=O)N2CCC(NC(C)(C)C)CC2)c(C)n1)c1cc(F)c2nc(C)n(C(C)C)c2c1. The van der Waals surface area contributed by atoms with Gasteiger partial charge in [-0.2, -0.15) is 0 Å². The molecule has 10 heteroatoms. The number of allylic oxidation sites excluding steroid dienone is 1. The zero-order valence-electron chi connectivity index (χ0n) is 24.9. The van der Waals surface area contributed by atoms with Crippen molar-refractivity contribution in [3.8, 4) is 0 Å². The second-order valence-corrected chi connectivity index (χ2v) is 11.8. The third kappa shape index (κ3) is 6.75. The first-order valence-corrected chi connectivity index (χ1v) is 13.9. The van der Waals surface area contributed by atoms with E-state index in [0.29, 0.717) is 41.7 Å². The quantitative estimate of drug-likeness (QED) is 0.332. The third-order valence-electron chi connectivity index (χ3n) is 7.13. The van der Waals surface area contributed by atoms with Gasteiger partial charge in [-0.15, -0.1) is 0 Å². The molecule has 0 radical (unpaired) electrons. The van der Waals surface area contributed by atoms with Gasteiger partial charge in [-0.05, 0) is 92.3 Å². The number of piperidine rings is 1. The standard InChI is InChI=1S/C31H39F2N7O/c1-18(2)40-20(4)37-29-24(32)15-21(16-26(29)40)28(34-8)25(33)17-35-27-10-9-23(19(3)36-27)30(41)39-13-11-22(12-14-39)38-31(5,6)7/h9-10,15-18,22,38H,8,11-14H2,1-7H3/b28-25+,35-17?. The molecule has 41 heavy (non-hydrogen) atoms. The van der Waals surface area contributed by atoms with E-state index >= 15 is 4.39 Å². The van der Waals surface area contributed by atoms with Gasteiger partial charge < -0.3 is 14.8 Å². The van der Waals surface area contributed by atoms with Crippen LogP contribution in [0, 0.1) is 19.7 Å². The second kappa shape index (κ2) is 12.0. The van der Waals surface area contributed by atoms with E-state index in [1.54, 1.807) is 32.0 Å². The number of carbonyl (C=O) groups excluding carboxylic acids is 1. The lowest BCUT2D eigenvalue weighted by atomic mass is 9.99. The average molecular weight is 564 g/mol. The van der Waals surface area contributed by atoms with Crippen LogP contribution in [0.5, 0.6) is 0 Å². The van der Waals surface area contributed by atoms with Crippen LogP contribution in [0.1, 0.15) is 80.9 Å². The molecule has 0 saturated carbocycles. The minimum Gasteiger partial charge on any atom is -0.338 e. The molecule has 8 nitrogen and oxygen atoms in total. The summed E-state index contributed by atoms with van der Waals surface area (Å²) in [5.74, 6) is -0.538. The molecule has 1 saturated heterocycles. The van der Waals surface area contributed by atoms with Crippen LogP contribution in [0.3, 0.4) is 0 Å². The Bertz CT molecular complexity index is 1520. The molecule has 0 spiro atoms. The summed E-state index contributed by atoms with van der Waals surface area (Å²) in [5.41, 5.74) is 1.89. The number of amides is 1. The van der Waals surface area contributed by atoms with Crippen molar-refractivity contribution in [1.82, 2.24) is 24.8 Å². The van der Waals surface area contributed by atoms with Gasteiger partial charge in [-0.1, -0.05) is 0 Å². The molecule has 1 aromatic carbocycles. The number of hydrogen-bond donors (Lipinski definition) is 1. The first-order valence-electron chi connectivity index (χ1n) is 13.9. The average Bonchev–Trinajstić information content (AvgIpc) is 3.24. The molecule has 0 bridgehead atoms. The fourth-order valence-electron chi connectivity index (χ4n) is 5.40. The van der Waals surface area contributed by atoms with Crippen molar-refractivity contribution in [2.45, 2.75) is 78.9 Å². The molecule has 2 aromatic heterocycles. The van der Waals surface area contributed by atoms with Crippen LogP contribution >= 0.6 is 0 Å². The minimum absolute atomic E-state index is 0.0329. The number of likely N-dealkylation sites (tertiary alicyclic amines) is 1. The number of benzene rings is 1. The maximum absolute atomic E-state index is 15.3. The van der Waals surface area contributed by atoms with Gasteiger partial charge in [0.2, 0.25) is 0 Å². The maximum atomic E-state index is 15.3. The molecule has 1 fully saturated rings. The van der Waals surface area contributed by atoms with Crippen LogP contribution in [-0.4, -0.2) is 62.9 Å². The van der Waals surface area contributed by atoms with Crippen molar-refractivity contribution in [3.05, 3.63) is 58.6 Å². The molecule has 1 amide bonds. The maximum Gasteiger partial charge on any atom is 0.255 e. The Morgan fingerprint density at radius 3 is 2.44 bits per heavy atom. The van der Waals surface area contributed by atoms with Crippen molar-refractivity contribution in [3.63, 3.8) is 0 Å². The first-order chi connectivity index (χ1) is 19.3. The summed E-state index contributed by atoms with van der Waals surface area (Å²) in [5, 5.41) is 3.61. The molecule has 0 aliphatic carbocycles. The number of rotatable bonds is 7. The molecule has 218 valence electrons. The fourth-order valence-corrected chi connectivity index (χ4v) is 5.40. The summed E-state index contributed by atoms with van der Waals surface area (Å²) in [6.45, 7) is 18.7. The summed E-state index contributed by atoms with van der Waals surface area (Å²) >= 11 is 0. The van der Waals surface area contributed by atoms with E-state index in [1.807, 2.05) is 23.3 Å². The van der Waals surface area contributed by atoms with Crippen molar-refractivity contribution < 1.29 is 13.6 Å². The highest BCUT2D eigenvalue weighted by atomic mass is 19.1. The monoisotopic (exact) mass is 563 g/mol. The molecule has 4 rings (SSSR count). The number of halogens is 2. The van der Waals surface area contributed by atoms with Gasteiger partial charge in [-0.3, -0.25) is 9.79 Å². The van der Waals surface area contributed by atoms with Gasteiger partial charge >= 0.3 is 0 Å². The van der Waals surface area contributed by atoms with Gasteiger partial charge in [0.15, 0.2) is 17.5 Å². The predicted molar refractivity (Wildman–Crippen MR) is 161 cm³/mol. The number of aryl methyl sites for hydroxylation is 2. The number of nitrogens with one attached hydrogen (secondary N) is 1. The number of aromatic nitrogens is 3. The molecule has 1 N–H and O–H groups in total. The van der Waals surface area contributed by atoms with Crippen LogP contribution in [0.2, 0.25) is 0 Å². The van der Waals surface area contributed by atoms with E-state index < -0.39 is 11.6 Å². The Labute approximate surface area is 240 Å². The predicted octanol–water partition coefficient (Wildman–Crippen LogP) is 6.50. The molecule has 0 unspecified atom stereocenters. The van der Waals surface area contributed by atoms with Crippen molar-refractivity contribution in [2.75, 3.05) is 13.1 Å².